The lowest BCUT2D eigenvalue weighted by Gasteiger charge is -2.19. The van der Waals surface area contributed by atoms with Crippen molar-refractivity contribution in [2.75, 3.05) is 6.61 Å². The van der Waals surface area contributed by atoms with E-state index in [9.17, 15) is 15.0 Å². The van der Waals surface area contributed by atoms with E-state index in [-0.39, 0.29) is 12.5 Å². The van der Waals surface area contributed by atoms with E-state index in [4.69, 9.17) is 0 Å². The second-order valence-corrected chi connectivity index (χ2v) is 21.4. The van der Waals surface area contributed by atoms with Crippen molar-refractivity contribution >= 4 is 5.91 Å². The van der Waals surface area contributed by atoms with Crippen LogP contribution in [0.3, 0.4) is 0 Å². The number of rotatable bonds is 58. The summed E-state index contributed by atoms with van der Waals surface area (Å²) in [5.74, 6) is -0.0946. The van der Waals surface area contributed by atoms with Crippen molar-refractivity contribution < 1.29 is 15.0 Å². The van der Waals surface area contributed by atoms with Crippen molar-refractivity contribution in [1.82, 2.24) is 5.32 Å². The first-order valence-corrected chi connectivity index (χ1v) is 32.8. The number of amides is 1. The van der Waals surface area contributed by atoms with Gasteiger partial charge in [-0.25, -0.2) is 0 Å². The molecule has 3 N–H and O–H groups in total. The predicted molar refractivity (Wildman–Crippen MR) is 354 cm³/mol. The smallest absolute Gasteiger partial charge is 0.220 e. The first kappa shape index (κ1) is 74.8. The highest BCUT2D eigenvalue weighted by Crippen LogP contribution is 2.15. The molecule has 4 nitrogen and oxygen atoms in total. The van der Waals surface area contributed by atoms with Crippen LogP contribution in [0.2, 0.25) is 0 Å². The fourth-order valence-corrected chi connectivity index (χ4v) is 8.98. The molecule has 1 amide bonds. The molecule has 0 rings (SSSR count). The topological polar surface area (TPSA) is 69.6 Å². The van der Waals surface area contributed by atoms with Gasteiger partial charge < -0.3 is 15.5 Å². The van der Waals surface area contributed by atoms with E-state index >= 15 is 0 Å². The average Bonchev–Trinajstić information content (AvgIpc) is 3.45. The number of allylic oxidation sites excluding steroid dienone is 27. The molecule has 0 bridgehead atoms. The number of carbonyl (C=O) groups is 1. The Morgan fingerprint density at radius 3 is 0.886 bits per heavy atom. The number of hydrogen-bond donors (Lipinski definition) is 3. The van der Waals surface area contributed by atoms with Crippen molar-refractivity contribution in [3.8, 4) is 0 Å². The molecule has 0 fully saturated rings. The third kappa shape index (κ3) is 64.5. The van der Waals surface area contributed by atoms with Gasteiger partial charge in [-0.3, -0.25) is 4.79 Å². The van der Waals surface area contributed by atoms with Crippen molar-refractivity contribution in [2.24, 2.45) is 0 Å². The highest BCUT2D eigenvalue weighted by molar-refractivity contribution is 5.76. The summed E-state index contributed by atoms with van der Waals surface area (Å²) >= 11 is 0. The molecule has 0 aliphatic heterocycles. The van der Waals surface area contributed by atoms with Crippen LogP contribution in [0.5, 0.6) is 0 Å². The molecule has 0 aromatic rings. The maximum atomic E-state index is 12.5. The van der Waals surface area contributed by atoms with Crippen LogP contribution in [-0.2, 0) is 4.79 Å². The maximum absolute atomic E-state index is 12.5. The highest BCUT2D eigenvalue weighted by Gasteiger charge is 2.18. The Kier molecular flexibility index (Phi) is 64.4. The molecule has 2 atom stereocenters. The van der Waals surface area contributed by atoms with Gasteiger partial charge >= 0.3 is 0 Å². The van der Waals surface area contributed by atoms with Crippen LogP contribution < -0.4 is 5.32 Å². The number of unbranched alkanes of at least 4 members (excludes halogenated alkanes) is 25. The largest absolute Gasteiger partial charge is 0.394 e. The third-order valence-corrected chi connectivity index (χ3v) is 13.9. The van der Waals surface area contributed by atoms with Crippen LogP contribution >= 0.6 is 0 Å². The summed E-state index contributed by atoms with van der Waals surface area (Å²) in [5, 5.41) is 23.2. The molecule has 0 radical (unpaired) electrons. The standard InChI is InChI=1S/C75H123NO3/c1-3-5-7-9-11-13-15-17-19-21-23-25-27-29-31-32-33-34-35-36-37-38-39-40-41-42-43-44-45-47-49-51-53-55-57-59-61-63-65-67-69-71-75(79)76-73(72-77)74(78)70-68-66-64-62-60-58-56-54-52-50-48-46-30-28-26-24-22-20-18-16-14-12-10-8-6-4-2/h5,7,11,13,17,19,23,25,29,31,33-34,36-37,39-40,42-43,45,47,51-54,60,62,68,70,73-74,77-78H,3-4,6,8-10,12,14-16,18,20-22,24,26-28,30,32,35,38,41,44,46,48-50,55-59,61,63-67,69,71-72H2,1-2H3,(H,76,79)/b7-5-,13-11-,19-17-,25-23-,31-29-,34-33-,37-36-,40-39-,43-42-,47-45-,53-51-,54-52+,62-60+,70-68+. The van der Waals surface area contributed by atoms with Crippen molar-refractivity contribution in [3.05, 3.63) is 170 Å². The minimum absolute atomic E-state index is 0.0946. The Labute approximate surface area is 489 Å². The Hall–Kier alpha value is -4.25. The summed E-state index contributed by atoms with van der Waals surface area (Å²) in [5.41, 5.74) is 0. The van der Waals surface area contributed by atoms with E-state index in [2.05, 4.69) is 177 Å². The first-order valence-electron chi connectivity index (χ1n) is 32.8. The number of aliphatic hydroxyl groups excluding tert-OH is 2. The normalized spacial score (nSPS) is 13.9. The molecule has 0 heterocycles. The van der Waals surface area contributed by atoms with Gasteiger partial charge in [0.2, 0.25) is 5.91 Å². The summed E-state index contributed by atoms with van der Waals surface area (Å²) in [6.07, 6.45) is 110. The van der Waals surface area contributed by atoms with E-state index in [0.29, 0.717) is 6.42 Å². The fourth-order valence-electron chi connectivity index (χ4n) is 8.98. The lowest BCUT2D eigenvalue weighted by atomic mass is 10.0. The number of aliphatic hydroxyl groups is 2. The number of nitrogens with one attached hydrogen (secondary N) is 1. The molecule has 79 heavy (non-hydrogen) atoms. The quantitative estimate of drug-likeness (QED) is 0.0420. The molecule has 0 aromatic heterocycles. The summed E-state index contributed by atoms with van der Waals surface area (Å²) < 4.78 is 0. The molecule has 0 saturated heterocycles. The first-order chi connectivity index (χ1) is 39.2. The second kappa shape index (κ2) is 68.0. The van der Waals surface area contributed by atoms with Gasteiger partial charge in [0.1, 0.15) is 0 Å². The molecule has 0 aromatic carbocycles. The summed E-state index contributed by atoms with van der Waals surface area (Å²) in [6, 6.07) is -0.666. The van der Waals surface area contributed by atoms with Crippen molar-refractivity contribution in [1.29, 1.82) is 0 Å². The Morgan fingerprint density at radius 2 is 0.570 bits per heavy atom. The maximum Gasteiger partial charge on any atom is 0.220 e. The van der Waals surface area contributed by atoms with Gasteiger partial charge in [-0.15, -0.1) is 0 Å². The monoisotopic (exact) mass is 1090 g/mol. The highest BCUT2D eigenvalue weighted by atomic mass is 16.3. The van der Waals surface area contributed by atoms with E-state index < -0.39 is 12.1 Å². The fraction of sp³-hybridized carbons (Fsp3) is 0.613. The zero-order valence-electron chi connectivity index (χ0n) is 51.3. The molecule has 0 aliphatic carbocycles. The number of hydrogen-bond acceptors (Lipinski definition) is 3. The average molecular weight is 1090 g/mol. The molecule has 2 unspecified atom stereocenters. The van der Waals surface area contributed by atoms with E-state index in [0.717, 1.165) is 122 Å². The SMILES string of the molecule is CC/C=C\C/C=C\C/C=C\C/C=C\C/C=C\C/C=C\C/C=C\C/C=C\C/C=C\C/C=C\C/C=C\CCCCCCCCCC(=O)NC(CO)C(O)/C=C/CC/C=C/CC/C=C/CCCCCCCCCCCCCCCCCC. The second-order valence-electron chi connectivity index (χ2n) is 21.4. The molecular weight excluding hydrogens is 963 g/mol. The predicted octanol–water partition coefficient (Wildman–Crippen LogP) is 22.6. The van der Waals surface area contributed by atoms with Gasteiger partial charge in [0.05, 0.1) is 18.8 Å². The van der Waals surface area contributed by atoms with Crippen LogP contribution in [0, 0.1) is 0 Å². The lowest BCUT2D eigenvalue weighted by Crippen LogP contribution is -2.45. The zero-order chi connectivity index (χ0) is 56.9. The van der Waals surface area contributed by atoms with Gasteiger partial charge in [0.15, 0.2) is 0 Å². The minimum Gasteiger partial charge on any atom is -0.394 e. The summed E-state index contributed by atoms with van der Waals surface area (Å²) in [7, 11) is 0. The van der Waals surface area contributed by atoms with Crippen LogP contribution in [0.25, 0.3) is 0 Å². The molecule has 0 saturated carbocycles. The van der Waals surface area contributed by atoms with Gasteiger partial charge in [-0.1, -0.05) is 312 Å². The van der Waals surface area contributed by atoms with Crippen LogP contribution in [-0.4, -0.2) is 34.9 Å². The van der Waals surface area contributed by atoms with Gasteiger partial charge in [0, 0.05) is 6.42 Å². The van der Waals surface area contributed by atoms with E-state index in [1.54, 1.807) is 6.08 Å². The van der Waals surface area contributed by atoms with E-state index in [1.807, 2.05) is 6.08 Å². The van der Waals surface area contributed by atoms with Gasteiger partial charge in [-0.05, 0) is 128 Å². The Morgan fingerprint density at radius 1 is 0.316 bits per heavy atom. The number of carbonyl (C=O) groups excluding carboxylic acids is 1. The molecular formula is C75H123NO3. The Balaban J connectivity index is 3.68. The molecule has 0 aliphatic rings. The van der Waals surface area contributed by atoms with Crippen LogP contribution in [0.15, 0.2) is 170 Å². The molecule has 4 heteroatoms. The lowest BCUT2D eigenvalue weighted by molar-refractivity contribution is -0.123. The molecule has 0 spiro atoms. The molecule has 446 valence electrons. The van der Waals surface area contributed by atoms with Crippen molar-refractivity contribution in [3.63, 3.8) is 0 Å². The summed E-state index contributed by atoms with van der Waals surface area (Å²) in [4.78, 5) is 12.5. The van der Waals surface area contributed by atoms with E-state index in [1.165, 1.54) is 135 Å². The third-order valence-electron chi connectivity index (χ3n) is 13.9. The minimum atomic E-state index is -0.889. The Bertz CT molecular complexity index is 1710. The van der Waals surface area contributed by atoms with Crippen LogP contribution in [0.4, 0.5) is 0 Å². The zero-order valence-corrected chi connectivity index (χ0v) is 51.3. The van der Waals surface area contributed by atoms with Crippen molar-refractivity contribution in [2.45, 2.75) is 289 Å². The summed E-state index contributed by atoms with van der Waals surface area (Å²) in [6.45, 7) is 4.18. The van der Waals surface area contributed by atoms with Gasteiger partial charge in [0.25, 0.3) is 0 Å². The van der Waals surface area contributed by atoms with Crippen LogP contribution in [0.1, 0.15) is 277 Å². The van der Waals surface area contributed by atoms with Gasteiger partial charge in [-0.2, -0.15) is 0 Å².